The normalized spacial score (nSPS) is 13.8. The molecule has 2 atom stereocenters. The first-order valence-corrected chi connectivity index (χ1v) is 7.53. The molecule has 0 aromatic carbocycles. The van der Waals surface area contributed by atoms with Crippen molar-refractivity contribution in [3.8, 4) is 0 Å². The van der Waals surface area contributed by atoms with Crippen molar-refractivity contribution in [1.29, 1.82) is 0 Å². The lowest BCUT2D eigenvalue weighted by atomic mass is 10.0. The lowest BCUT2D eigenvalue weighted by Gasteiger charge is -2.22. The number of aliphatic carboxylic acids is 1. The van der Waals surface area contributed by atoms with Gasteiger partial charge in [-0.3, -0.25) is 4.79 Å². The second kappa shape index (κ2) is 7.50. The molecular formula is C13H19ClN2O3S. The second-order valence-corrected chi connectivity index (χ2v) is 6.68. The molecule has 0 saturated carbocycles. The van der Waals surface area contributed by atoms with E-state index in [9.17, 15) is 9.59 Å². The zero-order valence-electron chi connectivity index (χ0n) is 11.6. The van der Waals surface area contributed by atoms with Gasteiger partial charge in [0, 0.05) is 10.9 Å². The highest BCUT2D eigenvalue weighted by Gasteiger charge is 2.20. The number of halogens is 1. The van der Waals surface area contributed by atoms with E-state index in [1.807, 2.05) is 26.8 Å². The van der Waals surface area contributed by atoms with E-state index in [2.05, 4.69) is 10.6 Å². The lowest BCUT2D eigenvalue weighted by molar-refractivity contribution is -0.137. The Morgan fingerprint density at radius 3 is 2.40 bits per heavy atom. The van der Waals surface area contributed by atoms with Gasteiger partial charge in [-0.05, 0) is 25.0 Å². The highest BCUT2D eigenvalue weighted by Crippen LogP contribution is 2.26. The number of carbonyl (C=O) groups is 2. The van der Waals surface area contributed by atoms with Crippen LogP contribution in [0.5, 0.6) is 0 Å². The van der Waals surface area contributed by atoms with Crippen LogP contribution in [0.4, 0.5) is 4.79 Å². The summed E-state index contributed by atoms with van der Waals surface area (Å²) in [4.78, 5) is 23.6. The fourth-order valence-corrected chi connectivity index (χ4v) is 2.74. The smallest absolute Gasteiger partial charge is 0.315 e. The van der Waals surface area contributed by atoms with Crippen LogP contribution in [-0.2, 0) is 4.79 Å². The van der Waals surface area contributed by atoms with Crippen LogP contribution in [0.2, 0.25) is 4.34 Å². The van der Waals surface area contributed by atoms with Gasteiger partial charge in [-0.25, -0.2) is 4.79 Å². The molecule has 2 amide bonds. The van der Waals surface area contributed by atoms with E-state index in [1.165, 1.54) is 11.3 Å². The van der Waals surface area contributed by atoms with Crippen LogP contribution in [0.25, 0.3) is 0 Å². The molecule has 20 heavy (non-hydrogen) atoms. The SMILES string of the molecule is CC(NC(=O)NC(CC(=O)O)C(C)C)c1ccc(Cl)s1. The van der Waals surface area contributed by atoms with Gasteiger partial charge in [-0.1, -0.05) is 25.4 Å². The quantitative estimate of drug-likeness (QED) is 0.753. The number of nitrogens with one attached hydrogen (secondary N) is 2. The molecule has 3 N–H and O–H groups in total. The van der Waals surface area contributed by atoms with Crippen molar-refractivity contribution in [2.24, 2.45) is 5.92 Å². The molecule has 0 saturated heterocycles. The van der Waals surface area contributed by atoms with Crippen LogP contribution in [0.3, 0.4) is 0 Å². The van der Waals surface area contributed by atoms with Crippen LogP contribution in [0.1, 0.15) is 38.1 Å². The fraction of sp³-hybridized carbons (Fsp3) is 0.538. The van der Waals surface area contributed by atoms with Gasteiger partial charge in [-0.15, -0.1) is 11.3 Å². The number of urea groups is 1. The van der Waals surface area contributed by atoms with Gasteiger partial charge in [0.05, 0.1) is 16.8 Å². The van der Waals surface area contributed by atoms with Crippen molar-refractivity contribution in [2.45, 2.75) is 39.3 Å². The second-order valence-electron chi connectivity index (χ2n) is 4.93. The Labute approximate surface area is 127 Å². The summed E-state index contributed by atoms with van der Waals surface area (Å²) in [6, 6.07) is 2.69. The number of hydrogen-bond donors (Lipinski definition) is 3. The largest absolute Gasteiger partial charge is 0.481 e. The van der Waals surface area contributed by atoms with Crippen LogP contribution >= 0.6 is 22.9 Å². The third kappa shape index (κ3) is 5.38. The number of hydrogen-bond acceptors (Lipinski definition) is 3. The lowest BCUT2D eigenvalue weighted by Crippen LogP contribution is -2.46. The molecule has 7 heteroatoms. The monoisotopic (exact) mass is 318 g/mol. The van der Waals surface area contributed by atoms with Gasteiger partial charge in [0.1, 0.15) is 0 Å². The molecule has 1 heterocycles. The van der Waals surface area contributed by atoms with Gasteiger partial charge in [0.15, 0.2) is 0 Å². The zero-order valence-corrected chi connectivity index (χ0v) is 13.2. The first kappa shape index (κ1) is 16.8. The van der Waals surface area contributed by atoms with E-state index in [4.69, 9.17) is 16.7 Å². The van der Waals surface area contributed by atoms with E-state index in [-0.39, 0.29) is 24.4 Å². The molecule has 1 aromatic rings. The van der Waals surface area contributed by atoms with Gasteiger partial charge < -0.3 is 15.7 Å². The van der Waals surface area contributed by atoms with Crippen LogP contribution in [-0.4, -0.2) is 23.1 Å². The minimum atomic E-state index is -0.929. The molecule has 2 unspecified atom stereocenters. The number of carboxylic acids is 1. The maximum atomic E-state index is 11.9. The summed E-state index contributed by atoms with van der Waals surface area (Å²) < 4.78 is 0.667. The maximum absolute atomic E-state index is 11.9. The molecule has 0 bridgehead atoms. The molecule has 112 valence electrons. The van der Waals surface area contributed by atoms with Crippen molar-refractivity contribution in [3.05, 3.63) is 21.3 Å². The average molecular weight is 319 g/mol. The van der Waals surface area contributed by atoms with E-state index < -0.39 is 12.0 Å². The predicted octanol–water partition coefficient (Wildman–Crippen LogP) is 3.26. The molecule has 0 fully saturated rings. The Balaban J connectivity index is 2.55. The zero-order chi connectivity index (χ0) is 15.3. The van der Waals surface area contributed by atoms with Crippen molar-refractivity contribution >= 4 is 34.9 Å². The number of carbonyl (C=O) groups excluding carboxylic acids is 1. The molecule has 1 rings (SSSR count). The number of rotatable bonds is 6. The summed E-state index contributed by atoms with van der Waals surface area (Å²) in [6.45, 7) is 5.59. The molecule has 0 aliphatic heterocycles. The van der Waals surface area contributed by atoms with Crippen molar-refractivity contribution in [3.63, 3.8) is 0 Å². The van der Waals surface area contributed by atoms with E-state index in [0.717, 1.165) is 4.88 Å². The third-order valence-electron chi connectivity index (χ3n) is 2.88. The Bertz CT molecular complexity index is 476. The molecule has 1 aromatic heterocycles. The minimum Gasteiger partial charge on any atom is -0.481 e. The first-order valence-electron chi connectivity index (χ1n) is 6.33. The van der Waals surface area contributed by atoms with Crippen LogP contribution in [0.15, 0.2) is 12.1 Å². The summed E-state index contributed by atoms with van der Waals surface area (Å²) in [7, 11) is 0. The number of thiophene rings is 1. The molecule has 0 radical (unpaired) electrons. The topological polar surface area (TPSA) is 78.4 Å². The Kier molecular flexibility index (Phi) is 6.29. The van der Waals surface area contributed by atoms with Gasteiger partial charge >= 0.3 is 12.0 Å². The van der Waals surface area contributed by atoms with Gasteiger partial charge in [0.2, 0.25) is 0 Å². The van der Waals surface area contributed by atoms with E-state index >= 15 is 0 Å². The molecular weight excluding hydrogens is 300 g/mol. The summed E-state index contributed by atoms with van der Waals surface area (Å²) in [5, 5.41) is 14.3. The summed E-state index contributed by atoms with van der Waals surface area (Å²) >= 11 is 7.25. The molecule has 0 aliphatic carbocycles. The van der Waals surface area contributed by atoms with E-state index in [1.54, 1.807) is 6.07 Å². The Morgan fingerprint density at radius 1 is 1.30 bits per heavy atom. The third-order valence-corrected chi connectivity index (χ3v) is 4.30. The highest BCUT2D eigenvalue weighted by molar-refractivity contribution is 7.16. The fourth-order valence-electron chi connectivity index (χ4n) is 1.68. The molecule has 0 spiro atoms. The minimum absolute atomic E-state index is 0.0448. The van der Waals surface area contributed by atoms with Crippen molar-refractivity contribution in [2.75, 3.05) is 0 Å². The predicted molar refractivity (Wildman–Crippen MR) is 80.3 cm³/mol. The first-order chi connectivity index (χ1) is 9.29. The van der Waals surface area contributed by atoms with Crippen LogP contribution < -0.4 is 10.6 Å². The summed E-state index contributed by atoms with van der Waals surface area (Å²) in [5.41, 5.74) is 0. The standard InChI is InChI=1S/C13H19ClN2O3S/c1-7(2)9(6-12(17)18)16-13(19)15-8(3)10-4-5-11(14)20-10/h4-5,7-9H,6H2,1-3H3,(H,17,18)(H2,15,16,19). The van der Waals surface area contributed by atoms with Crippen molar-refractivity contribution < 1.29 is 14.7 Å². The average Bonchev–Trinajstić information content (AvgIpc) is 2.74. The maximum Gasteiger partial charge on any atom is 0.315 e. The highest BCUT2D eigenvalue weighted by atomic mass is 35.5. The van der Waals surface area contributed by atoms with Crippen molar-refractivity contribution in [1.82, 2.24) is 10.6 Å². The Hall–Kier alpha value is -1.27. The molecule has 5 nitrogen and oxygen atoms in total. The van der Waals surface area contributed by atoms with Gasteiger partial charge in [-0.2, -0.15) is 0 Å². The number of amides is 2. The van der Waals surface area contributed by atoms with E-state index in [0.29, 0.717) is 4.34 Å². The summed E-state index contributed by atoms with van der Waals surface area (Å²) in [5.74, 6) is -0.884. The summed E-state index contributed by atoms with van der Waals surface area (Å²) in [6.07, 6.45) is -0.0930. The molecule has 0 aliphatic rings. The Morgan fingerprint density at radius 2 is 1.95 bits per heavy atom. The number of carboxylic acid groups (broad SMARTS) is 1. The van der Waals surface area contributed by atoms with Gasteiger partial charge in [0.25, 0.3) is 0 Å². The van der Waals surface area contributed by atoms with Crippen LogP contribution in [0, 0.1) is 5.92 Å².